The van der Waals surface area contributed by atoms with E-state index in [1.54, 1.807) is 47.4 Å². The Morgan fingerprint density at radius 2 is 1.56 bits per heavy atom. The van der Waals surface area contributed by atoms with E-state index in [1.165, 1.54) is 5.39 Å². The number of nitrogens with zero attached hydrogens (tertiary/aromatic N) is 2. The molecule has 268 valence electrons. The first-order valence-electron chi connectivity index (χ1n) is 17.6. The lowest BCUT2D eigenvalue weighted by atomic mass is 9.99. The van der Waals surface area contributed by atoms with E-state index in [1.807, 2.05) is 47.4 Å². The minimum atomic E-state index is -1.000. The summed E-state index contributed by atoms with van der Waals surface area (Å²) in [6.45, 7) is 1.75. The Balaban J connectivity index is 1.20. The number of nitrogens with two attached hydrogens (primary N) is 1. The van der Waals surface area contributed by atoms with Gasteiger partial charge in [0.1, 0.15) is 23.6 Å². The summed E-state index contributed by atoms with van der Waals surface area (Å²) in [4.78, 5) is 45.8. The van der Waals surface area contributed by atoms with Crippen molar-refractivity contribution in [2.75, 3.05) is 26.2 Å². The monoisotopic (exact) mass is 736 g/mol. The molecule has 0 radical (unpaired) electrons. The maximum Gasteiger partial charge on any atom is 0.251 e. The lowest BCUT2D eigenvalue weighted by Gasteiger charge is -2.42. The van der Waals surface area contributed by atoms with E-state index in [0.29, 0.717) is 78.1 Å². The number of hydrogen-bond donors (Lipinski definition) is 2. The number of para-hydroxylation sites is 1. The first kappa shape index (κ1) is 36.9. The quantitative estimate of drug-likeness (QED) is 0.114. The molecule has 3 amide bonds. The van der Waals surface area contributed by atoms with Gasteiger partial charge in [-0.1, -0.05) is 89.9 Å². The minimum Gasteiger partial charge on any atom is -0.457 e. The molecule has 2 unspecified atom stereocenters. The molecule has 1 saturated heterocycles. The van der Waals surface area contributed by atoms with Crippen LogP contribution in [0.1, 0.15) is 40.7 Å². The molecule has 8 nitrogen and oxygen atoms in total. The predicted molar refractivity (Wildman–Crippen MR) is 207 cm³/mol. The van der Waals surface area contributed by atoms with Crippen LogP contribution in [0.25, 0.3) is 10.8 Å². The second-order valence-corrected chi connectivity index (χ2v) is 13.8. The van der Waals surface area contributed by atoms with Gasteiger partial charge in [0.05, 0.1) is 0 Å². The zero-order valence-corrected chi connectivity index (χ0v) is 30.4. The first-order chi connectivity index (χ1) is 25.3. The smallest absolute Gasteiger partial charge is 0.251 e. The highest BCUT2D eigenvalue weighted by Crippen LogP contribution is 2.26. The molecule has 0 aliphatic carbocycles. The van der Waals surface area contributed by atoms with E-state index >= 15 is 0 Å². The van der Waals surface area contributed by atoms with Crippen molar-refractivity contribution in [1.82, 2.24) is 15.1 Å². The van der Waals surface area contributed by atoms with Crippen molar-refractivity contribution in [3.05, 3.63) is 142 Å². The Kier molecular flexibility index (Phi) is 12.5. The summed E-state index contributed by atoms with van der Waals surface area (Å²) in [7, 11) is 0. The summed E-state index contributed by atoms with van der Waals surface area (Å²) in [5.74, 6) is 0.370. The third-order valence-corrected chi connectivity index (χ3v) is 10.0. The number of nitrogens with one attached hydrogen (secondary N) is 1. The number of amides is 3. The Morgan fingerprint density at radius 3 is 2.31 bits per heavy atom. The summed E-state index contributed by atoms with van der Waals surface area (Å²) in [5, 5.41) is 6.13. The Bertz CT molecular complexity index is 2010. The average Bonchev–Trinajstić information content (AvgIpc) is 3.16. The van der Waals surface area contributed by atoms with Gasteiger partial charge < -0.3 is 25.6 Å². The van der Waals surface area contributed by atoms with Crippen molar-refractivity contribution >= 4 is 51.7 Å². The van der Waals surface area contributed by atoms with Crippen molar-refractivity contribution in [1.29, 1.82) is 0 Å². The van der Waals surface area contributed by atoms with E-state index in [9.17, 15) is 14.4 Å². The highest BCUT2D eigenvalue weighted by atomic mass is 35.5. The zero-order chi connectivity index (χ0) is 36.5. The first-order valence-corrected chi connectivity index (χ1v) is 18.4. The molecule has 10 heteroatoms. The second kappa shape index (κ2) is 17.6. The Hall–Kier alpha value is -4.89. The normalized spacial score (nSPS) is 15.1. The number of unbranched alkanes of at least 4 members (excludes halogenated alkanes) is 1. The van der Waals surface area contributed by atoms with E-state index < -0.39 is 18.0 Å². The van der Waals surface area contributed by atoms with Crippen LogP contribution in [0.15, 0.2) is 115 Å². The van der Waals surface area contributed by atoms with Crippen molar-refractivity contribution in [2.24, 2.45) is 5.73 Å². The van der Waals surface area contributed by atoms with E-state index in [2.05, 4.69) is 35.6 Å². The molecule has 0 bridgehead atoms. The number of carbonyl (C=O) groups excluding carboxylic acids is 3. The fraction of sp³-hybridized carbons (Fsp3) is 0.262. The van der Waals surface area contributed by atoms with Gasteiger partial charge in [-0.15, -0.1) is 0 Å². The van der Waals surface area contributed by atoms with Gasteiger partial charge in [-0.2, -0.15) is 0 Å². The van der Waals surface area contributed by atoms with Crippen LogP contribution < -0.4 is 15.8 Å². The third kappa shape index (κ3) is 9.31. The van der Waals surface area contributed by atoms with Crippen LogP contribution in [0.4, 0.5) is 0 Å². The molecule has 52 heavy (non-hydrogen) atoms. The number of fused-ring (bicyclic) bond motifs is 1. The van der Waals surface area contributed by atoms with Crippen LogP contribution in [-0.4, -0.2) is 65.8 Å². The van der Waals surface area contributed by atoms with Gasteiger partial charge in [0.25, 0.3) is 5.91 Å². The van der Waals surface area contributed by atoms with Crippen LogP contribution in [0.5, 0.6) is 11.5 Å². The Labute approximate surface area is 314 Å². The number of benzene rings is 5. The standard InChI is InChI=1S/C42H42Cl2N4O4/c43-34-18-15-33(37(44)28-34)27-38(46-40(49)31-16-19-36(20-17-31)52-35-10-2-1-3-11-35)41(50)48-25-24-47(42(51)39(48)12-6-7-22-45)23-21-29-13-14-30-8-4-5-9-32(30)26-29/h1-5,8-11,13-20,26,28,38-39H,6-7,12,21-25,27,45H2,(H,46,49). The lowest BCUT2D eigenvalue weighted by molar-refractivity contribution is -0.152. The molecular weight excluding hydrogens is 695 g/mol. The topological polar surface area (TPSA) is 105 Å². The van der Waals surface area contributed by atoms with E-state index in [4.69, 9.17) is 33.7 Å². The van der Waals surface area contributed by atoms with Crippen molar-refractivity contribution < 1.29 is 19.1 Å². The van der Waals surface area contributed by atoms with Crippen LogP contribution in [0.2, 0.25) is 10.0 Å². The van der Waals surface area contributed by atoms with Crippen LogP contribution in [0, 0.1) is 0 Å². The highest BCUT2D eigenvalue weighted by Gasteiger charge is 2.39. The summed E-state index contributed by atoms with van der Waals surface area (Å²) < 4.78 is 5.88. The fourth-order valence-electron chi connectivity index (χ4n) is 6.59. The SMILES string of the molecule is NCCCCC1C(=O)N(CCc2ccc3ccccc3c2)CCN1C(=O)C(Cc1ccc(Cl)cc1Cl)NC(=O)c1ccc(Oc2ccccc2)cc1. The number of hydrogen-bond acceptors (Lipinski definition) is 5. The molecule has 2 atom stereocenters. The highest BCUT2D eigenvalue weighted by molar-refractivity contribution is 6.35. The number of ether oxygens (including phenoxy) is 1. The number of rotatable bonds is 14. The maximum absolute atomic E-state index is 14.5. The minimum absolute atomic E-state index is 0.0963. The molecular formula is C42H42Cl2N4O4. The van der Waals surface area contributed by atoms with E-state index in [-0.39, 0.29) is 18.2 Å². The average molecular weight is 738 g/mol. The number of halogens is 2. The summed E-state index contributed by atoms with van der Waals surface area (Å²) in [5.41, 5.74) is 7.97. The van der Waals surface area contributed by atoms with Gasteiger partial charge >= 0.3 is 0 Å². The molecule has 3 N–H and O–H groups in total. The van der Waals surface area contributed by atoms with Gasteiger partial charge in [-0.25, -0.2) is 0 Å². The van der Waals surface area contributed by atoms with Gasteiger partial charge in [0, 0.05) is 41.7 Å². The van der Waals surface area contributed by atoms with Crippen molar-refractivity contribution in [2.45, 2.75) is 44.2 Å². The van der Waals surface area contributed by atoms with Gasteiger partial charge in [-0.3, -0.25) is 14.4 Å². The van der Waals surface area contributed by atoms with Gasteiger partial charge in [0.15, 0.2) is 0 Å². The van der Waals surface area contributed by atoms with Crippen LogP contribution >= 0.6 is 23.2 Å². The largest absolute Gasteiger partial charge is 0.457 e. The van der Waals surface area contributed by atoms with Gasteiger partial charge in [0.2, 0.25) is 11.8 Å². The Morgan fingerprint density at radius 1 is 0.827 bits per heavy atom. The van der Waals surface area contributed by atoms with Gasteiger partial charge in [-0.05, 0) is 103 Å². The third-order valence-electron chi connectivity index (χ3n) is 9.42. The molecule has 5 aromatic rings. The molecule has 1 aliphatic heterocycles. The van der Waals surface area contributed by atoms with Crippen molar-refractivity contribution in [3.8, 4) is 11.5 Å². The molecule has 1 aliphatic rings. The maximum atomic E-state index is 14.5. The number of piperazine rings is 1. The fourth-order valence-corrected chi connectivity index (χ4v) is 7.08. The van der Waals surface area contributed by atoms with Crippen LogP contribution in [-0.2, 0) is 22.4 Å². The lowest BCUT2D eigenvalue weighted by Crippen LogP contribution is -2.62. The van der Waals surface area contributed by atoms with Crippen LogP contribution in [0.3, 0.4) is 0 Å². The second-order valence-electron chi connectivity index (χ2n) is 13.0. The summed E-state index contributed by atoms with van der Waals surface area (Å²) in [6.07, 6.45) is 2.70. The molecule has 0 saturated carbocycles. The molecule has 1 heterocycles. The zero-order valence-electron chi connectivity index (χ0n) is 28.8. The molecule has 6 rings (SSSR count). The predicted octanol–water partition coefficient (Wildman–Crippen LogP) is 7.69. The summed E-state index contributed by atoms with van der Waals surface area (Å²) >= 11 is 12.7. The molecule has 0 spiro atoms. The molecule has 5 aromatic carbocycles. The van der Waals surface area contributed by atoms with E-state index in [0.717, 1.165) is 17.4 Å². The number of carbonyl (C=O) groups is 3. The molecule has 0 aromatic heterocycles. The summed E-state index contributed by atoms with van der Waals surface area (Å²) in [6, 6.07) is 34.0. The van der Waals surface area contributed by atoms with Crippen molar-refractivity contribution in [3.63, 3.8) is 0 Å². The molecule has 1 fully saturated rings.